The zero-order valence-corrected chi connectivity index (χ0v) is 26.6. The number of benzene rings is 3. The van der Waals surface area contributed by atoms with Gasteiger partial charge in [-0.1, -0.05) is 23.7 Å². The average Bonchev–Trinajstić information content (AvgIpc) is 3.47. The van der Waals surface area contributed by atoms with Crippen LogP contribution < -0.4 is 14.8 Å². The van der Waals surface area contributed by atoms with Crippen molar-refractivity contribution in [2.45, 2.75) is 32.3 Å². The molecule has 0 spiro atoms. The number of methoxy groups -OCH3 is 1. The van der Waals surface area contributed by atoms with Crippen molar-refractivity contribution in [2.75, 3.05) is 24.8 Å². The summed E-state index contributed by atoms with van der Waals surface area (Å²) < 4.78 is 54.6. The van der Waals surface area contributed by atoms with E-state index in [1.54, 1.807) is 45.2 Å². The van der Waals surface area contributed by atoms with Crippen LogP contribution in [0.1, 0.15) is 24.4 Å². The number of hydrogen-bond acceptors (Lipinski definition) is 10. The Morgan fingerprint density at radius 3 is 2.64 bits per heavy atom. The van der Waals surface area contributed by atoms with Crippen LogP contribution >= 0.6 is 22.9 Å². The molecule has 5 rings (SSSR count). The lowest BCUT2D eigenvalue weighted by molar-refractivity contribution is 0.135. The summed E-state index contributed by atoms with van der Waals surface area (Å²) in [5.74, 6) is 1.24. The van der Waals surface area contributed by atoms with Gasteiger partial charge in [0.2, 0.25) is 0 Å². The first kappa shape index (κ1) is 31.6. The molecule has 0 aliphatic rings. The van der Waals surface area contributed by atoms with Crippen molar-refractivity contribution < 1.29 is 27.0 Å². The van der Waals surface area contributed by atoms with Gasteiger partial charge in [0.1, 0.15) is 41.1 Å². The first-order valence-electron chi connectivity index (χ1n) is 13.6. The molecule has 0 fully saturated rings. The standard InChI is InChI=1S/C31H30ClFN4O5S2/c1-19(2)44(38,39)10-9-41-16-30-37-27(17-43-30)23-13-24-26(14-29(23)40-3)34-18-35-31(24)36-22-7-8-28(25(32)12-22)42-15-20-5-4-6-21(33)11-20/h4-8,11-14,17-19H,9-10,15-16H2,1-3H3,(H,34,35,36). The highest BCUT2D eigenvalue weighted by atomic mass is 35.5. The molecule has 0 amide bonds. The van der Waals surface area contributed by atoms with Gasteiger partial charge in [0.15, 0.2) is 9.84 Å². The summed E-state index contributed by atoms with van der Waals surface area (Å²) in [6.45, 7) is 3.79. The third-order valence-corrected chi connectivity index (χ3v) is 10.0. The summed E-state index contributed by atoms with van der Waals surface area (Å²) >= 11 is 7.92. The molecule has 5 aromatic rings. The number of nitrogens with one attached hydrogen (secondary N) is 1. The third kappa shape index (κ3) is 7.62. The van der Waals surface area contributed by atoms with Gasteiger partial charge in [-0.25, -0.2) is 27.8 Å². The smallest absolute Gasteiger partial charge is 0.154 e. The summed E-state index contributed by atoms with van der Waals surface area (Å²) in [5.41, 5.74) is 3.45. The summed E-state index contributed by atoms with van der Waals surface area (Å²) in [4.78, 5) is 13.6. The van der Waals surface area contributed by atoms with E-state index in [0.717, 1.165) is 10.9 Å². The van der Waals surface area contributed by atoms with Crippen LogP contribution in [0.2, 0.25) is 5.02 Å². The Morgan fingerprint density at radius 2 is 1.89 bits per heavy atom. The van der Waals surface area contributed by atoms with E-state index in [9.17, 15) is 12.8 Å². The fraction of sp³-hybridized carbons (Fsp3) is 0.258. The monoisotopic (exact) mass is 656 g/mol. The minimum Gasteiger partial charge on any atom is -0.496 e. The summed E-state index contributed by atoms with van der Waals surface area (Å²) in [6.07, 6.45) is 1.46. The predicted octanol–water partition coefficient (Wildman–Crippen LogP) is 7.22. The molecule has 0 unspecified atom stereocenters. The Morgan fingerprint density at radius 1 is 1.05 bits per heavy atom. The minimum absolute atomic E-state index is 0.0347. The number of aromatic nitrogens is 3. The molecule has 9 nitrogen and oxygen atoms in total. The van der Waals surface area contributed by atoms with Crippen molar-refractivity contribution >= 4 is 55.2 Å². The molecule has 0 atom stereocenters. The van der Waals surface area contributed by atoms with E-state index in [2.05, 4.69) is 15.3 Å². The molecule has 0 bridgehead atoms. The van der Waals surface area contributed by atoms with E-state index in [0.29, 0.717) is 49.8 Å². The molecule has 0 aliphatic heterocycles. The normalized spacial score (nSPS) is 11.7. The van der Waals surface area contributed by atoms with Crippen molar-refractivity contribution in [2.24, 2.45) is 0 Å². The Hall–Kier alpha value is -3.84. The van der Waals surface area contributed by atoms with E-state index in [1.807, 2.05) is 23.6 Å². The lowest BCUT2D eigenvalue weighted by Gasteiger charge is -2.13. The van der Waals surface area contributed by atoms with Crippen molar-refractivity contribution in [3.05, 3.63) is 87.7 Å². The molecule has 2 aromatic heterocycles. The molecule has 44 heavy (non-hydrogen) atoms. The highest BCUT2D eigenvalue weighted by Crippen LogP contribution is 2.37. The lowest BCUT2D eigenvalue weighted by Crippen LogP contribution is -2.20. The quantitative estimate of drug-likeness (QED) is 0.131. The van der Waals surface area contributed by atoms with Crippen LogP contribution in [-0.2, 0) is 27.8 Å². The van der Waals surface area contributed by atoms with Crippen LogP contribution in [0.15, 0.2) is 66.3 Å². The van der Waals surface area contributed by atoms with E-state index in [1.165, 1.54) is 29.8 Å². The van der Waals surface area contributed by atoms with Crippen LogP contribution in [0.25, 0.3) is 22.2 Å². The molecule has 2 heterocycles. The molecule has 0 radical (unpaired) electrons. The molecule has 0 saturated heterocycles. The molecule has 13 heteroatoms. The zero-order chi connectivity index (χ0) is 31.3. The largest absolute Gasteiger partial charge is 0.496 e. The van der Waals surface area contributed by atoms with Crippen LogP contribution in [0.4, 0.5) is 15.9 Å². The Labute approximate surface area is 263 Å². The lowest BCUT2D eigenvalue weighted by atomic mass is 10.1. The van der Waals surface area contributed by atoms with E-state index in [-0.39, 0.29) is 31.4 Å². The SMILES string of the molecule is COc1cc2ncnc(Nc3ccc(OCc4cccc(F)c4)c(Cl)c3)c2cc1-c1csc(COCCS(=O)(=O)C(C)C)n1. The molecule has 3 aromatic carbocycles. The van der Waals surface area contributed by atoms with Gasteiger partial charge in [-0.05, 0) is 55.8 Å². The zero-order valence-electron chi connectivity index (χ0n) is 24.2. The van der Waals surface area contributed by atoms with Crippen LogP contribution in [0.3, 0.4) is 0 Å². The van der Waals surface area contributed by atoms with Crippen molar-refractivity contribution in [1.29, 1.82) is 0 Å². The Bertz CT molecular complexity index is 1880. The van der Waals surface area contributed by atoms with E-state index >= 15 is 0 Å². The summed E-state index contributed by atoms with van der Waals surface area (Å²) in [6, 6.07) is 15.2. The van der Waals surface area contributed by atoms with Crippen LogP contribution in [-0.4, -0.2) is 48.1 Å². The first-order valence-corrected chi connectivity index (χ1v) is 16.6. The number of nitrogens with zero attached hydrogens (tertiary/aromatic N) is 3. The number of rotatable bonds is 13. The van der Waals surface area contributed by atoms with Gasteiger partial charge in [-0.3, -0.25) is 0 Å². The van der Waals surface area contributed by atoms with Crippen molar-refractivity contribution in [3.63, 3.8) is 0 Å². The second kappa shape index (κ2) is 13.9. The predicted molar refractivity (Wildman–Crippen MR) is 171 cm³/mol. The molecule has 230 valence electrons. The second-order valence-electron chi connectivity index (χ2n) is 10.1. The van der Waals surface area contributed by atoms with Gasteiger partial charge in [0.25, 0.3) is 0 Å². The maximum absolute atomic E-state index is 13.5. The summed E-state index contributed by atoms with van der Waals surface area (Å²) in [7, 11) is -1.59. The number of fused-ring (bicyclic) bond motifs is 1. The van der Waals surface area contributed by atoms with Crippen LogP contribution in [0, 0.1) is 5.82 Å². The minimum atomic E-state index is -3.17. The van der Waals surface area contributed by atoms with Gasteiger partial charge >= 0.3 is 0 Å². The maximum Gasteiger partial charge on any atom is 0.154 e. The molecular formula is C31H30ClFN4O5S2. The Balaban J connectivity index is 1.32. The molecular weight excluding hydrogens is 627 g/mol. The number of hydrogen-bond donors (Lipinski definition) is 1. The number of thiazole rings is 1. The highest BCUT2D eigenvalue weighted by Gasteiger charge is 2.17. The van der Waals surface area contributed by atoms with Crippen molar-refractivity contribution in [3.8, 4) is 22.8 Å². The van der Waals surface area contributed by atoms with Gasteiger partial charge in [-0.2, -0.15) is 0 Å². The van der Waals surface area contributed by atoms with Gasteiger partial charge in [-0.15, -0.1) is 11.3 Å². The van der Waals surface area contributed by atoms with E-state index < -0.39 is 15.1 Å². The maximum atomic E-state index is 13.5. The molecule has 0 saturated carbocycles. The van der Waals surface area contributed by atoms with Crippen LogP contribution in [0.5, 0.6) is 11.5 Å². The van der Waals surface area contributed by atoms with Gasteiger partial charge in [0.05, 0.1) is 47.6 Å². The Kier molecular flexibility index (Phi) is 9.94. The first-order chi connectivity index (χ1) is 21.1. The van der Waals surface area contributed by atoms with Crippen molar-refractivity contribution in [1.82, 2.24) is 15.0 Å². The topological polar surface area (TPSA) is 113 Å². The third-order valence-electron chi connectivity index (χ3n) is 6.72. The fourth-order valence-electron chi connectivity index (χ4n) is 4.24. The van der Waals surface area contributed by atoms with Gasteiger partial charge < -0.3 is 19.5 Å². The van der Waals surface area contributed by atoms with Gasteiger partial charge in [0, 0.05) is 28.1 Å². The number of ether oxygens (including phenoxy) is 3. The number of anilines is 2. The molecule has 1 N–H and O–H groups in total. The molecule has 0 aliphatic carbocycles. The fourth-order valence-corrected chi connectivity index (χ4v) is 6.03. The second-order valence-corrected chi connectivity index (χ2v) is 14.1. The number of halogens is 2. The number of sulfone groups is 1. The highest BCUT2D eigenvalue weighted by molar-refractivity contribution is 7.92. The average molecular weight is 657 g/mol. The summed E-state index contributed by atoms with van der Waals surface area (Å²) in [5, 5.41) is 6.58. The van der Waals surface area contributed by atoms with E-state index in [4.69, 9.17) is 30.8 Å².